The number of aliphatic hydroxyl groups excluding tert-OH is 2. The largest absolute Gasteiger partial charge is 0.396 e. The summed E-state index contributed by atoms with van der Waals surface area (Å²) in [6.07, 6.45) is -1.52. The van der Waals surface area contributed by atoms with Gasteiger partial charge in [-0.3, -0.25) is 14.4 Å². The predicted octanol–water partition coefficient (Wildman–Crippen LogP) is -1.70. The monoisotopic (exact) mass is 316 g/mol. The molecule has 8 nitrogen and oxygen atoms in total. The molecule has 0 saturated carbocycles. The van der Waals surface area contributed by atoms with Gasteiger partial charge in [0.2, 0.25) is 11.7 Å². The maximum Gasteiger partial charge on any atom is 0.290 e. The number of morpholine rings is 1. The van der Waals surface area contributed by atoms with Gasteiger partial charge in [0, 0.05) is 31.5 Å². The molecule has 0 spiro atoms. The summed E-state index contributed by atoms with van der Waals surface area (Å²) in [5.74, 6) is -1.84. The van der Waals surface area contributed by atoms with Crippen molar-refractivity contribution in [3.05, 3.63) is 0 Å². The quantitative estimate of drug-likeness (QED) is 0.482. The van der Waals surface area contributed by atoms with E-state index in [4.69, 9.17) is 9.84 Å². The molecule has 0 bridgehead atoms. The van der Waals surface area contributed by atoms with E-state index in [2.05, 4.69) is 5.32 Å². The van der Waals surface area contributed by atoms with Crippen molar-refractivity contribution in [3.63, 3.8) is 0 Å². The van der Waals surface area contributed by atoms with Gasteiger partial charge in [0.15, 0.2) is 0 Å². The van der Waals surface area contributed by atoms with Crippen LogP contribution in [0.4, 0.5) is 0 Å². The summed E-state index contributed by atoms with van der Waals surface area (Å²) in [7, 11) is 0. The van der Waals surface area contributed by atoms with Crippen LogP contribution in [-0.4, -0.2) is 78.3 Å². The van der Waals surface area contributed by atoms with E-state index in [1.165, 1.54) is 4.90 Å². The molecule has 1 aliphatic heterocycles. The fraction of sp³-hybridized carbons (Fsp3) is 0.786. The highest BCUT2D eigenvalue weighted by atomic mass is 16.5. The number of Topliss-reactive ketones (excluding diaryl/α,β-unsaturated/α-hetero) is 1. The van der Waals surface area contributed by atoms with Gasteiger partial charge in [0.05, 0.1) is 19.8 Å². The van der Waals surface area contributed by atoms with Crippen molar-refractivity contribution >= 4 is 17.6 Å². The van der Waals surface area contributed by atoms with E-state index < -0.39 is 29.1 Å². The predicted molar refractivity (Wildman–Crippen MR) is 76.9 cm³/mol. The van der Waals surface area contributed by atoms with Gasteiger partial charge in [-0.1, -0.05) is 13.8 Å². The lowest BCUT2D eigenvalue weighted by atomic mass is 9.87. The molecule has 8 heteroatoms. The van der Waals surface area contributed by atoms with Crippen LogP contribution < -0.4 is 5.32 Å². The maximum absolute atomic E-state index is 11.8. The van der Waals surface area contributed by atoms with E-state index in [1.54, 1.807) is 13.8 Å². The molecular weight excluding hydrogens is 292 g/mol. The van der Waals surface area contributed by atoms with Crippen molar-refractivity contribution in [3.8, 4) is 0 Å². The Balaban J connectivity index is 2.35. The average Bonchev–Trinajstić information content (AvgIpc) is 2.53. The fourth-order valence-corrected chi connectivity index (χ4v) is 1.89. The zero-order valence-corrected chi connectivity index (χ0v) is 13.0. The summed E-state index contributed by atoms with van der Waals surface area (Å²) in [6.45, 7) is 4.31. The molecule has 1 unspecified atom stereocenters. The minimum Gasteiger partial charge on any atom is -0.396 e. The average molecular weight is 316 g/mol. The first-order valence-corrected chi connectivity index (χ1v) is 7.26. The van der Waals surface area contributed by atoms with E-state index in [0.29, 0.717) is 26.3 Å². The van der Waals surface area contributed by atoms with Gasteiger partial charge in [-0.05, 0) is 0 Å². The Labute approximate surface area is 129 Å². The highest BCUT2D eigenvalue weighted by molar-refractivity contribution is 6.36. The van der Waals surface area contributed by atoms with E-state index in [9.17, 15) is 19.5 Å². The summed E-state index contributed by atoms with van der Waals surface area (Å²) >= 11 is 0. The molecule has 0 aromatic rings. The first kappa shape index (κ1) is 18.5. The summed E-state index contributed by atoms with van der Waals surface area (Å²) < 4.78 is 5.10. The van der Waals surface area contributed by atoms with E-state index >= 15 is 0 Å². The number of ether oxygens (including phenoxy) is 1. The molecule has 1 saturated heterocycles. The Morgan fingerprint density at radius 3 is 2.41 bits per heavy atom. The fourth-order valence-electron chi connectivity index (χ4n) is 1.89. The zero-order valence-electron chi connectivity index (χ0n) is 13.0. The molecule has 126 valence electrons. The van der Waals surface area contributed by atoms with Crippen LogP contribution in [0.15, 0.2) is 0 Å². The van der Waals surface area contributed by atoms with Gasteiger partial charge in [-0.2, -0.15) is 0 Å². The van der Waals surface area contributed by atoms with Crippen molar-refractivity contribution in [2.45, 2.75) is 26.4 Å². The number of carbonyl (C=O) groups is 3. The third-order valence-corrected chi connectivity index (χ3v) is 3.58. The Morgan fingerprint density at radius 1 is 1.27 bits per heavy atom. The van der Waals surface area contributed by atoms with Gasteiger partial charge < -0.3 is 25.2 Å². The van der Waals surface area contributed by atoms with Crippen molar-refractivity contribution in [2.75, 3.05) is 39.5 Å². The van der Waals surface area contributed by atoms with Crippen LogP contribution in [0.25, 0.3) is 0 Å². The second-order valence-electron chi connectivity index (χ2n) is 5.92. The van der Waals surface area contributed by atoms with Crippen molar-refractivity contribution < 1.29 is 29.3 Å². The molecule has 0 aromatic heterocycles. The van der Waals surface area contributed by atoms with E-state index in [1.807, 2.05) is 0 Å². The second kappa shape index (κ2) is 8.21. The van der Waals surface area contributed by atoms with Crippen molar-refractivity contribution in [1.82, 2.24) is 10.2 Å². The highest BCUT2D eigenvalue weighted by Gasteiger charge is 2.33. The molecule has 1 aliphatic rings. The molecule has 0 aliphatic carbocycles. The Morgan fingerprint density at radius 2 is 1.86 bits per heavy atom. The van der Waals surface area contributed by atoms with Gasteiger partial charge in [0.1, 0.15) is 6.10 Å². The molecule has 0 aromatic carbocycles. The number of hydrogen-bond donors (Lipinski definition) is 3. The highest BCUT2D eigenvalue weighted by Crippen LogP contribution is 2.19. The third kappa shape index (κ3) is 5.04. The number of nitrogens with zero attached hydrogens (tertiary/aromatic N) is 1. The molecule has 1 atom stereocenters. The topological polar surface area (TPSA) is 116 Å². The van der Waals surface area contributed by atoms with Gasteiger partial charge in [-0.25, -0.2) is 0 Å². The first-order chi connectivity index (χ1) is 10.3. The number of nitrogens with one attached hydrogen (secondary N) is 1. The Bertz CT molecular complexity index is 418. The standard InChI is InChI=1S/C14H24N2O6/c1-14(2,9-17)11(19)12(20)15-4-3-10(18)13(21)16-5-7-22-8-6-16/h11,17,19H,3-9H2,1-2H3,(H,15,20). The summed E-state index contributed by atoms with van der Waals surface area (Å²) in [4.78, 5) is 36.7. The van der Waals surface area contributed by atoms with Crippen molar-refractivity contribution in [1.29, 1.82) is 0 Å². The lowest BCUT2D eigenvalue weighted by molar-refractivity contribution is -0.147. The maximum atomic E-state index is 11.8. The summed E-state index contributed by atoms with van der Waals surface area (Å²) in [5, 5.41) is 21.3. The normalized spacial score (nSPS) is 17.0. The van der Waals surface area contributed by atoms with E-state index in [-0.39, 0.29) is 19.6 Å². The smallest absolute Gasteiger partial charge is 0.290 e. The third-order valence-electron chi connectivity index (χ3n) is 3.58. The number of hydrogen-bond acceptors (Lipinski definition) is 6. The van der Waals surface area contributed by atoms with Crippen LogP contribution in [0.3, 0.4) is 0 Å². The Kier molecular flexibility index (Phi) is 6.92. The number of aliphatic hydroxyl groups is 2. The molecule has 22 heavy (non-hydrogen) atoms. The van der Waals surface area contributed by atoms with Crippen LogP contribution in [0.1, 0.15) is 20.3 Å². The van der Waals surface area contributed by atoms with Crippen LogP contribution in [0.5, 0.6) is 0 Å². The zero-order chi connectivity index (χ0) is 16.8. The number of carbonyl (C=O) groups excluding carboxylic acids is 3. The van der Waals surface area contributed by atoms with Crippen LogP contribution in [-0.2, 0) is 19.1 Å². The first-order valence-electron chi connectivity index (χ1n) is 7.26. The molecule has 1 rings (SSSR count). The molecule has 1 fully saturated rings. The lowest BCUT2D eigenvalue weighted by Crippen LogP contribution is -2.47. The minimum atomic E-state index is -1.39. The second-order valence-corrected chi connectivity index (χ2v) is 5.92. The summed E-state index contributed by atoms with van der Waals surface area (Å²) in [5.41, 5.74) is -0.974. The van der Waals surface area contributed by atoms with E-state index in [0.717, 1.165) is 0 Å². The number of rotatable bonds is 7. The molecule has 3 N–H and O–H groups in total. The molecular formula is C14H24N2O6. The number of amides is 2. The van der Waals surface area contributed by atoms with Gasteiger partial charge in [-0.15, -0.1) is 0 Å². The summed E-state index contributed by atoms with van der Waals surface area (Å²) in [6, 6.07) is 0. The molecule has 2 amide bonds. The molecule has 0 radical (unpaired) electrons. The van der Waals surface area contributed by atoms with Crippen LogP contribution >= 0.6 is 0 Å². The van der Waals surface area contributed by atoms with Crippen LogP contribution in [0, 0.1) is 5.41 Å². The molecule has 1 heterocycles. The minimum absolute atomic E-state index is 0.0354. The van der Waals surface area contributed by atoms with Crippen LogP contribution in [0.2, 0.25) is 0 Å². The lowest BCUT2D eigenvalue weighted by Gasteiger charge is -2.27. The Hall–Kier alpha value is -1.51. The van der Waals surface area contributed by atoms with Gasteiger partial charge >= 0.3 is 0 Å². The van der Waals surface area contributed by atoms with Gasteiger partial charge in [0.25, 0.3) is 5.91 Å². The number of ketones is 1. The SMILES string of the molecule is CC(C)(CO)C(O)C(=O)NCCC(=O)C(=O)N1CCOCC1. The van der Waals surface area contributed by atoms with Crippen molar-refractivity contribution in [2.24, 2.45) is 5.41 Å².